The van der Waals surface area contributed by atoms with E-state index in [0.717, 1.165) is 0 Å². The predicted octanol–water partition coefficient (Wildman–Crippen LogP) is 7.40. The van der Waals surface area contributed by atoms with Crippen molar-refractivity contribution in [1.29, 1.82) is 0 Å². The summed E-state index contributed by atoms with van der Waals surface area (Å²) in [5.74, 6) is 1.18. The Hall–Kier alpha value is -2.08. The van der Waals surface area contributed by atoms with Crippen LogP contribution in [-0.4, -0.2) is 0 Å². The highest BCUT2D eigenvalue weighted by atomic mass is 14.3. The maximum atomic E-state index is 2.43. The minimum Gasteiger partial charge on any atom is -0.0652 e. The summed E-state index contributed by atoms with van der Waals surface area (Å²) in [6.07, 6.45) is 7.34. The second-order valence-corrected chi connectivity index (χ2v) is 8.51. The van der Waals surface area contributed by atoms with E-state index in [9.17, 15) is 0 Å². The predicted molar refractivity (Wildman–Crippen MR) is 114 cm³/mol. The van der Waals surface area contributed by atoms with Gasteiger partial charge in [0.1, 0.15) is 0 Å². The molecule has 0 radical (unpaired) electrons. The zero-order chi connectivity index (χ0) is 18.6. The van der Waals surface area contributed by atoms with Crippen LogP contribution in [0.4, 0.5) is 0 Å². The Morgan fingerprint density at radius 1 is 0.538 bits per heavy atom. The summed E-state index contributed by atoms with van der Waals surface area (Å²) in [7, 11) is 0. The molecular weight excluding hydrogens is 312 g/mol. The lowest BCUT2D eigenvalue weighted by atomic mass is 9.82. The fraction of sp³-hybridized carbons (Fsp3) is 0.385. The van der Waals surface area contributed by atoms with Gasteiger partial charge in [-0.3, -0.25) is 0 Å². The lowest BCUT2D eigenvalue weighted by Crippen LogP contribution is -2.06. The molecule has 0 aromatic heterocycles. The topological polar surface area (TPSA) is 0 Å². The molecule has 2 aromatic carbocycles. The minimum atomic E-state index is 0.590. The number of benzene rings is 2. The van der Waals surface area contributed by atoms with Gasteiger partial charge in [-0.1, -0.05) is 47.6 Å². The molecule has 0 amide bonds. The zero-order valence-electron chi connectivity index (χ0n) is 17.0. The lowest BCUT2D eigenvalue weighted by molar-refractivity contribution is 0.608. The molecule has 2 unspecified atom stereocenters. The van der Waals surface area contributed by atoms with Gasteiger partial charge in [0.15, 0.2) is 0 Å². The largest absolute Gasteiger partial charge is 0.0652 e. The molecule has 0 N–H and O–H groups in total. The van der Waals surface area contributed by atoms with Crippen molar-refractivity contribution in [1.82, 2.24) is 0 Å². The van der Waals surface area contributed by atoms with E-state index in [1.807, 2.05) is 0 Å². The third kappa shape index (κ3) is 2.58. The molecular formula is C26H30. The summed E-state index contributed by atoms with van der Waals surface area (Å²) >= 11 is 0. The summed E-state index contributed by atoms with van der Waals surface area (Å²) in [5, 5.41) is 0. The van der Waals surface area contributed by atoms with E-state index in [2.05, 4.69) is 78.0 Å². The molecule has 134 valence electrons. The van der Waals surface area contributed by atoms with Gasteiger partial charge < -0.3 is 0 Å². The first-order chi connectivity index (χ1) is 12.4. The molecule has 0 saturated heterocycles. The molecule has 2 atom stereocenters. The Morgan fingerprint density at radius 2 is 0.885 bits per heavy atom. The van der Waals surface area contributed by atoms with Gasteiger partial charge >= 0.3 is 0 Å². The Bertz CT molecular complexity index is 873. The third-order valence-corrected chi connectivity index (χ3v) is 6.73. The normalized spacial score (nSPS) is 20.7. The van der Waals surface area contributed by atoms with Crippen molar-refractivity contribution >= 4 is 12.2 Å². The fourth-order valence-electron chi connectivity index (χ4n) is 5.21. The van der Waals surface area contributed by atoms with Gasteiger partial charge in [-0.25, -0.2) is 0 Å². The van der Waals surface area contributed by atoms with E-state index in [0.29, 0.717) is 11.8 Å². The number of fused-ring (bicyclic) bond motifs is 2. The maximum absolute atomic E-state index is 2.43. The van der Waals surface area contributed by atoms with Gasteiger partial charge in [0.2, 0.25) is 0 Å². The van der Waals surface area contributed by atoms with Gasteiger partial charge in [-0.2, -0.15) is 0 Å². The van der Waals surface area contributed by atoms with Gasteiger partial charge in [0.25, 0.3) is 0 Å². The van der Waals surface area contributed by atoms with Crippen LogP contribution in [0.1, 0.15) is 83.0 Å². The molecule has 0 aliphatic heterocycles. The Labute approximate surface area is 158 Å². The first-order valence-corrected chi connectivity index (χ1v) is 9.95. The Balaban J connectivity index is 1.63. The summed E-state index contributed by atoms with van der Waals surface area (Å²) in [5.41, 5.74) is 15.0. The molecule has 0 heterocycles. The average Bonchev–Trinajstić information content (AvgIpc) is 3.11. The monoisotopic (exact) mass is 342 g/mol. The molecule has 2 aliphatic rings. The molecule has 0 fully saturated rings. The van der Waals surface area contributed by atoms with Crippen molar-refractivity contribution in [2.75, 3.05) is 0 Å². The van der Waals surface area contributed by atoms with E-state index < -0.39 is 0 Å². The van der Waals surface area contributed by atoms with Crippen LogP contribution in [-0.2, 0) is 0 Å². The maximum Gasteiger partial charge on any atom is 0.00577 e. The molecule has 2 aromatic rings. The van der Waals surface area contributed by atoms with Gasteiger partial charge in [-0.15, -0.1) is 0 Å². The van der Waals surface area contributed by atoms with E-state index in [4.69, 9.17) is 0 Å². The van der Waals surface area contributed by atoms with Gasteiger partial charge in [-0.05, 0) is 98.9 Å². The number of rotatable bonds is 3. The van der Waals surface area contributed by atoms with E-state index in [-0.39, 0.29) is 0 Å². The van der Waals surface area contributed by atoms with Crippen molar-refractivity contribution in [3.8, 4) is 0 Å². The van der Waals surface area contributed by atoms with E-state index in [1.54, 1.807) is 22.3 Å². The van der Waals surface area contributed by atoms with Crippen LogP contribution in [0.5, 0.6) is 0 Å². The Kier molecular flexibility index (Phi) is 4.18. The summed E-state index contributed by atoms with van der Waals surface area (Å²) < 4.78 is 0. The van der Waals surface area contributed by atoms with Gasteiger partial charge in [0, 0.05) is 11.8 Å². The second-order valence-electron chi connectivity index (χ2n) is 8.51. The number of allylic oxidation sites excluding steroid dienone is 2. The molecule has 0 bridgehead atoms. The molecule has 4 rings (SSSR count). The van der Waals surface area contributed by atoms with Crippen molar-refractivity contribution < 1.29 is 0 Å². The smallest absolute Gasteiger partial charge is 0.00577 e. The van der Waals surface area contributed by atoms with Crippen LogP contribution >= 0.6 is 0 Å². The summed E-state index contributed by atoms with van der Waals surface area (Å²) in [4.78, 5) is 0. The second kappa shape index (κ2) is 6.27. The van der Waals surface area contributed by atoms with Crippen LogP contribution in [0.2, 0.25) is 0 Å². The van der Waals surface area contributed by atoms with Crippen molar-refractivity contribution in [3.63, 3.8) is 0 Å². The molecule has 26 heavy (non-hydrogen) atoms. The Morgan fingerprint density at radius 3 is 1.27 bits per heavy atom. The summed E-state index contributed by atoms with van der Waals surface area (Å²) in [6.45, 7) is 13.7. The molecule has 0 spiro atoms. The fourth-order valence-corrected chi connectivity index (χ4v) is 5.21. The standard InChI is InChI=1S/C26H30/c1-15-7-9-17(3)25-21(19(5)13-23(15)25)11-12-22-20(6)14-24-16(2)8-10-18(4)26(22)24/h7-10,13-14,21-22H,11-12H2,1-6H3. The summed E-state index contributed by atoms with van der Waals surface area (Å²) in [6, 6.07) is 9.15. The first kappa shape index (κ1) is 17.3. The van der Waals surface area contributed by atoms with Gasteiger partial charge in [0.05, 0.1) is 0 Å². The number of aryl methyl sites for hydroxylation is 4. The third-order valence-electron chi connectivity index (χ3n) is 6.73. The quantitative estimate of drug-likeness (QED) is 0.545. The van der Waals surface area contributed by atoms with Crippen LogP contribution < -0.4 is 0 Å². The highest BCUT2D eigenvalue weighted by molar-refractivity contribution is 5.71. The molecule has 0 heteroatoms. The van der Waals surface area contributed by atoms with E-state index in [1.165, 1.54) is 46.2 Å². The highest BCUT2D eigenvalue weighted by Crippen LogP contribution is 2.47. The molecule has 0 nitrogen and oxygen atoms in total. The van der Waals surface area contributed by atoms with Crippen LogP contribution in [0.3, 0.4) is 0 Å². The average molecular weight is 343 g/mol. The van der Waals surface area contributed by atoms with Crippen molar-refractivity contribution in [2.45, 2.75) is 66.2 Å². The van der Waals surface area contributed by atoms with Crippen molar-refractivity contribution in [2.24, 2.45) is 0 Å². The lowest BCUT2D eigenvalue weighted by Gasteiger charge is -2.22. The highest BCUT2D eigenvalue weighted by Gasteiger charge is 2.29. The van der Waals surface area contributed by atoms with Crippen LogP contribution in [0, 0.1) is 27.7 Å². The zero-order valence-corrected chi connectivity index (χ0v) is 17.0. The number of hydrogen-bond acceptors (Lipinski definition) is 0. The first-order valence-electron chi connectivity index (χ1n) is 9.95. The van der Waals surface area contributed by atoms with Crippen LogP contribution in [0.25, 0.3) is 12.2 Å². The number of hydrogen-bond donors (Lipinski definition) is 0. The van der Waals surface area contributed by atoms with Crippen molar-refractivity contribution in [3.05, 3.63) is 79.9 Å². The van der Waals surface area contributed by atoms with Crippen LogP contribution in [0.15, 0.2) is 35.4 Å². The SMILES string of the molecule is CC1=Cc2c(C)ccc(C)c2C1CCC1C(C)=Cc2c(C)ccc(C)c21. The molecule has 0 saturated carbocycles. The van der Waals surface area contributed by atoms with E-state index >= 15 is 0 Å². The minimum absolute atomic E-state index is 0.590. The molecule has 2 aliphatic carbocycles.